The Hall–Kier alpha value is -4.87. The Labute approximate surface area is 244 Å². The number of nitrogens with one attached hydrogen (secondary N) is 2. The normalized spacial score (nSPS) is 13.9. The Balaban J connectivity index is 0.989. The van der Waals surface area contributed by atoms with E-state index >= 15 is 0 Å². The molecule has 0 radical (unpaired) electrons. The summed E-state index contributed by atoms with van der Waals surface area (Å²) in [7, 11) is 0. The second-order valence-corrected chi connectivity index (χ2v) is 11.0. The number of amides is 2. The van der Waals surface area contributed by atoms with Crippen LogP contribution in [0.5, 0.6) is 0 Å². The topological polar surface area (TPSA) is 105 Å². The van der Waals surface area contributed by atoms with E-state index in [1.54, 1.807) is 18.2 Å². The predicted octanol–water partition coefficient (Wildman–Crippen LogP) is 5.81. The minimum absolute atomic E-state index is 0.116. The van der Waals surface area contributed by atoms with Crippen LogP contribution < -0.4 is 10.2 Å². The number of nitriles is 1. The fourth-order valence-corrected chi connectivity index (χ4v) is 5.62. The van der Waals surface area contributed by atoms with Gasteiger partial charge in [0.1, 0.15) is 5.58 Å². The van der Waals surface area contributed by atoms with Crippen LogP contribution in [0.25, 0.3) is 21.9 Å². The van der Waals surface area contributed by atoms with Crippen molar-refractivity contribution in [2.45, 2.75) is 26.2 Å². The molecular weight excluding hydrogens is 526 g/mol. The lowest BCUT2D eigenvalue weighted by molar-refractivity contribution is 0.0834. The Morgan fingerprint density at radius 3 is 2.55 bits per heavy atom. The molecule has 0 saturated carbocycles. The number of H-pyrrole nitrogens is 1. The van der Waals surface area contributed by atoms with Crippen molar-refractivity contribution in [2.24, 2.45) is 0 Å². The van der Waals surface area contributed by atoms with Crippen LogP contribution in [0.15, 0.2) is 77.3 Å². The van der Waals surface area contributed by atoms with E-state index < -0.39 is 11.8 Å². The van der Waals surface area contributed by atoms with Gasteiger partial charge in [0.15, 0.2) is 5.76 Å². The van der Waals surface area contributed by atoms with Crippen LogP contribution in [0.2, 0.25) is 0 Å². The van der Waals surface area contributed by atoms with Gasteiger partial charge in [-0.15, -0.1) is 0 Å². The van der Waals surface area contributed by atoms with E-state index in [4.69, 9.17) is 4.42 Å². The molecule has 0 atom stereocenters. The molecule has 3 aromatic carbocycles. The van der Waals surface area contributed by atoms with Crippen molar-refractivity contribution in [1.29, 1.82) is 5.26 Å². The maximum Gasteiger partial charge on any atom is 0.293 e. The number of unbranched alkanes of at least 4 members (excludes halogenated alkanes) is 1. The highest BCUT2D eigenvalue weighted by Gasteiger charge is 2.20. The lowest BCUT2D eigenvalue weighted by atomic mass is 10.1. The van der Waals surface area contributed by atoms with E-state index in [1.807, 2.05) is 55.5 Å². The predicted molar refractivity (Wildman–Crippen MR) is 164 cm³/mol. The number of carbonyl (C=O) groups is 2. The van der Waals surface area contributed by atoms with Gasteiger partial charge in [-0.3, -0.25) is 19.8 Å². The van der Waals surface area contributed by atoms with Crippen molar-refractivity contribution in [2.75, 3.05) is 37.6 Å². The smallest absolute Gasteiger partial charge is 0.293 e. The first-order valence-electron chi connectivity index (χ1n) is 14.4. The number of fused-ring (bicyclic) bond motifs is 2. The molecule has 1 fully saturated rings. The summed E-state index contributed by atoms with van der Waals surface area (Å²) >= 11 is 0. The number of benzene rings is 3. The van der Waals surface area contributed by atoms with E-state index in [0.29, 0.717) is 16.7 Å². The molecule has 0 unspecified atom stereocenters. The monoisotopic (exact) mass is 559 g/mol. The summed E-state index contributed by atoms with van der Waals surface area (Å²) in [6.45, 7) is 6.87. The number of carbonyl (C=O) groups excluding carboxylic acids is 2. The number of rotatable bonds is 8. The zero-order chi connectivity index (χ0) is 29.1. The lowest BCUT2D eigenvalue weighted by Crippen LogP contribution is -2.46. The van der Waals surface area contributed by atoms with Gasteiger partial charge in [0.05, 0.1) is 11.6 Å². The number of hydrogen-bond acceptors (Lipinski definition) is 6. The largest absolute Gasteiger partial charge is 0.451 e. The Kier molecular flexibility index (Phi) is 7.76. The van der Waals surface area contributed by atoms with Gasteiger partial charge in [-0.2, -0.15) is 5.26 Å². The maximum atomic E-state index is 12.7. The highest BCUT2D eigenvalue weighted by molar-refractivity contribution is 6.10. The van der Waals surface area contributed by atoms with Gasteiger partial charge in [0, 0.05) is 59.9 Å². The molecule has 212 valence electrons. The molecule has 1 saturated heterocycles. The number of aromatic amines is 1. The van der Waals surface area contributed by atoms with Gasteiger partial charge in [0.2, 0.25) is 0 Å². The molecule has 1 aliphatic heterocycles. The number of piperazine rings is 1. The summed E-state index contributed by atoms with van der Waals surface area (Å²) in [6.07, 6.45) is 5.30. The first-order valence-corrected chi connectivity index (χ1v) is 14.4. The molecule has 3 heterocycles. The standard InChI is InChI=1S/C34H33N5O3/c1-23-5-8-25(9-6-23)33(40)37-34(41)32-20-27-19-28(10-12-31(27)42-32)39-16-14-38(15-17-39)13-3-2-4-26-22-36-30-11-7-24(21-35)18-29(26)30/h5-12,18-20,22,36H,2-4,13-17H2,1H3,(H,37,40,41). The number of aryl methyl sites for hydroxylation is 2. The summed E-state index contributed by atoms with van der Waals surface area (Å²) in [4.78, 5) is 33.3. The highest BCUT2D eigenvalue weighted by atomic mass is 16.3. The zero-order valence-corrected chi connectivity index (χ0v) is 23.7. The molecule has 1 aliphatic rings. The molecule has 0 aliphatic carbocycles. The zero-order valence-electron chi connectivity index (χ0n) is 23.7. The van der Waals surface area contributed by atoms with Gasteiger partial charge in [0.25, 0.3) is 11.8 Å². The van der Waals surface area contributed by atoms with Gasteiger partial charge in [-0.25, -0.2) is 0 Å². The third-order valence-corrected chi connectivity index (χ3v) is 8.07. The van der Waals surface area contributed by atoms with Gasteiger partial charge in [-0.05, 0) is 92.9 Å². The van der Waals surface area contributed by atoms with Crippen LogP contribution >= 0.6 is 0 Å². The number of imide groups is 1. The molecule has 8 heteroatoms. The summed E-state index contributed by atoms with van der Waals surface area (Å²) in [5.74, 6) is -0.889. The van der Waals surface area contributed by atoms with Crippen LogP contribution in [-0.2, 0) is 6.42 Å². The molecule has 42 heavy (non-hydrogen) atoms. The van der Waals surface area contributed by atoms with Crippen LogP contribution in [0.3, 0.4) is 0 Å². The van der Waals surface area contributed by atoms with E-state index in [9.17, 15) is 14.9 Å². The molecule has 2 aromatic heterocycles. The van der Waals surface area contributed by atoms with Crippen molar-refractivity contribution in [3.63, 3.8) is 0 Å². The van der Waals surface area contributed by atoms with E-state index in [2.05, 4.69) is 32.4 Å². The molecule has 0 bridgehead atoms. The van der Waals surface area contributed by atoms with Gasteiger partial charge in [-0.1, -0.05) is 17.7 Å². The first-order chi connectivity index (χ1) is 20.5. The molecule has 2 N–H and O–H groups in total. The third kappa shape index (κ3) is 5.92. The van der Waals surface area contributed by atoms with Crippen LogP contribution in [0.4, 0.5) is 5.69 Å². The van der Waals surface area contributed by atoms with Crippen molar-refractivity contribution < 1.29 is 14.0 Å². The molecular formula is C34H33N5O3. The van der Waals surface area contributed by atoms with Crippen LogP contribution in [0, 0.1) is 18.3 Å². The summed E-state index contributed by atoms with van der Waals surface area (Å²) in [5, 5.41) is 13.6. The summed E-state index contributed by atoms with van der Waals surface area (Å²) in [6, 6.07) is 22.8. The number of nitrogens with zero attached hydrogens (tertiary/aromatic N) is 3. The molecule has 0 spiro atoms. The number of hydrogen-bond donors (Lipinski definition) is 2. The number of anilines is 1. The maximum absolute atomic E-state index is 12.7. The van der Waals surface area contributed by atoms with Gasteiger partial charge >= 0.3 is 0 Å². The fourth-order valence-electron chi connectivity index (χ4n) is 5.62. The van der Waals surface area contributed by atoms with Crippen molar-refractivity contribution in [3.05, 3.63) is 101 Å². The van der Waals surface area contributed by atoms with Gasteiger partial charge < -0.3 is 14.3 Å². The Bertz CT molecular complexity index is 1790. The minimum atomic E-state index is -0.552. The Morgan fingerprint density at radius 1 is 0.952 bits per heavy atom. The fraction of sp³-hybridized carbons (Fsp3) is 0.265. The molecule has 2 amide bonds. The summed E-state index contributed by atoms with van der Waals surface area (Å²) < 4.78 is 5.75. The van der Waals surface area contributed by atoms with E-state index in [1.165, 1.54) is 5.56 Å². The SMILES string of the molecule is Cc1ccc(C(=O)NC(=O)c2cc3cc(N4CCN(CCCCc5c[nH]c6ccc(C#N)cc56)CC4)ccc3o2)cc1. The molecule has 6 rings (SSSR count). The van der Waals surface area contributed by atoms with Crippen LogP contribution in [0.1, 0.15) is 50.4 Å². The lowest BCUT2D eigenvalue weighted by Gasteiger charge is -2.36. The highest BCUT2D eigenvalue weighted by Crippen LogP contribution is 2.27. The Morgan fingerprint density at radius 2 is 1.76 bits per heavy atom. The van der Waals surface area contributed by atoms with E-state index in [0.717, 1.165) is 79.5 Å². The second kappa shape index (κ2) is 11.9. The average Bonchev–Trinajstić information content (AvgIpc) is 3.63. The van der Waals surface area contributed by atoms with Crippen molar-refractivity contribution in [1.82, 2.24) is 15.2 Å². The quantitative estimate of drug-likeness (QED) is 0.184. The van der Waals surface area contributed by atoms with Crippen molar-refractivity contribution >= 4 is 39.4 Å². The molecule has 5 aromatic rings. The number of furan rings is 1. The average molecular weight is 560 g/mol. The van der Waals surface area contributed by atoms with Crippen LogP contribution in [-0.4, -0.2) is 54.4 Å². The molecule has 8 nitrogen and oxygen atoms in total. The van der Waals surface area contributed by atoms with E-state index in [-0.39, 0.29) is 5.76 Å². The summed E-state index contributed by atoms with van der Waals surface area (Å²) in [5.41, 5.74) is 6.25. The third-order valence-electron chi connectivity index (χ3n) is 8.07. The van der Waals surface area contributed by atoms with Crippen molar-refractivity contribution in [3.8, 4) is 6.07 Å². The number of aromatic nitrogens is 1. The first kappa shape index (κ1) is 27.3. The second-order valence-electron chi connectivity index (χ2n) is 11.0. The minimum Gasteiger partial charge on any atom is -0.451 e.